The monoisotopic (exact) mass is 324 g/mol. The minimum atomic E-state index is -0.297. The van der Waals surface area contributed by atoms with Gasteiger partial charge in [0.15, 0.2) is 5.82 Å². The van der Waals surface area contributed by atoms with Crippen LogP contribution in [0.25, 0.3) is 5.82 Å². The van der Waals surface area contributed by atoms with Gasteiger partial charge in [-0.3, -0.25) is 4.79 Å². The van der Waals surface area contributed by atoms with Gasteiger partial charge in [-0.25, -0.2) is 14.1 Å². The van der Waals surface area contributed by atoms with Crippen molar-refractivity contribution in [2.75, 3.05) is 0 Å². The third kappa shape index (κ3) is 3.48. The summed E-state index contributed by atoms with van der Waals surface area (Å²) in [5.74, 6) is 0.136. The number of rotatable bonds is 4. The van der Waals surface area contributed by atoms with Crippen molar-refractivity contribution in [1.82, 2.24) is 20.1 Å². The van der Waals surface area contributed by atoms with Crippen LogP contribution < -0.4 is 5.32 Å². The van der Waals surface area contributed by atoms with Crippen LogP contribution in [0.3, 0.4) is 0 Å². The molecule has 0 saturated carbocycles. The van der Waals surface area contributed by atoms with Gasteiger partial charge in [-0.15, -0.1) is 0 Å². The Bertz CT molecular complexity index is 854. The minimum absolute atomic E-state index is 0.230. The first-order valence-electron chi connectivity index (χ1n) is 7.55. The third-order valence-electron chi connectivity index (χ3n) is 3.60. The summed E-state index contributed by atoms with van der Waals surface area (Å²) < 4.78 is 14.6. The molecule has 3 rings (SSSR count). The Labute approximate surface area is 139 Å². The molecule has 0 aliphatic rings. The molecule has 0 spiro atoms. The molecule has 0 unspecified atom stereocenters. The Morgan fingerprint density at radius 3 is 2.50 bits per heavy atom. The van der Waals surface area contributed by atoms with E-state index in [1.807, 2.05) is 19.9 Å². The van der Waals surface area contributed by atoms with Crippen LogP contribution in [0.5, 0.6) is 0 Å². The number of halogens is 1. The Hall–Kier alpha value is -3.02. The minimum Gasteiger partial charge on any atom is -0.348 e. The number of aromatic nitrogens is 3. The first-order valence-corrected chi connectivity index (χ1v) is 7.55. The van der Waals surface area contributed by atoms with Crippen LogP contribution in [0, 0.1) is 19.7 Å². The molecule has 24 heavy (non-hydrogen) atoms. The Kier molecular flexibility index (Phi) is 4.37. The molecule has 0 fully saturated rings. The number of nitrogens with one attached hydrogen (secondary N) is 1. The summed E-state index contributed by atoms with van der Waals surface area (Å²) in [4.78, 5) is 16.5. The molecule has 2 heterocycles. The first kappa shape index (κ1) is 15.9. The van der Waals surface area contributed by atoms with Crippen LogP contribution in [-0.4, -0.2) is 20.7 Å². The van der Waals surface area contributed by atoms with Crippen molar-refractivity contribution >= 4 is 5.91 Å². The van der Waals surface area contributed by atoms with Gasteiger partial charge in [0.1, 0.15) is 5.82 Å². The van der Waals surface area contributed by atoms with Crippen LogP contribution in [0.4, 0.5) is 4.39 Å². The molecule has 0 atom stereocenters. The zero-order chi connectivity index (χ0) is 17.1. The molecule has 0 saturated heterocycles. The maximum atomic E-state index is 12.9. The molecule has 1 amide bonds. The average Bonchev–Trinajstić information content (AvgIpc) is 2.92. The maximum absolute atomic E-state index is 12.9. The van der Waals surface area contributed by atoms with Gasteiger partial charge in [-0.05, 0) is 49.7 Å². The van der Waals surface area contributed by atoms with Crippen molar-refractivity contribution in [3.63, 3.8) is 0 Å². The standard InChI is InChI=1S/C18H17FN4O/c1-12-9-13(2)23(22-12)17-8-5-15(11-20-17)18(24)21-10-14-3-6-16(19)7-4-14/h3-9,11H,10H2,1-2H3,(H,21,24). The van der Waals surface area contributed by atoms with E-state index < -0.39 is 0 Å². The smallest absolute Gasteiger partial charge is 0.253 e. The number of carbonyl (C=O) groups excluding carboxylic acids is 1. The number of hydrogen-bond acceptors (Lipinski definition) is 3. The summed E-state index contributed by atoms with van der Waals surface area (Å²) in [5.41, 5.74) is 3.18. The first-order chi connectivity index (χ1) is 11.5. The number of benzene rings is 1. The highest BCUT2D eigenvalue weighted by molar-refractivity contribution is 5.93. The van der Waals surface area contributed by atoms with Crippen LogP contribution in [0.1, 0.15) is 27.3 Å². The van der Waals surface area contributed by atoms with Crippen molar-refractivity contribution in [3.05, 3.63) is 77.0 Å². The lowest BCUT2D eigenvalue weighted by molar-refractivity contribution is 0.0950. The van der Waals surface area contributed by atoms with Gasteiger partial charge in [-0.2, -0.15) is 5.10 Å². The zero-order valence-electron chi connectivity index (χ0n) is 13.5. The molecular weight excluding hydrogens is 307 g/mol. The summed E-state index contributed by atoms with van der Waals surface area (Å²) in [6.45, 7) is 4.20. The van der Waals surface area contributed by atoms with E-state index >= 15 is 0 Å². The Balaban J connectivity index is 1.67. The van der Waals surface area contributed by atoms with Gasteiger partial charge in [0.05, 0.1) is 11.3 Å². The normalized spacial score (nSPS) is 10.6. The van der Waals surface area contributed by atoms with Crippen LogP contribution >= 0.6 is 0 Å². The van der Waals surface area contributed by atoms with Gasteiger partial charge in [0, 0.05) is 18.4 Å². The number of hydrogen-bond donors (Lipinski definition) is 1. The molecule has 1 aromatic carbocycles. The molecule has 0 bridgehead atoms. The van der Waals surface area contributed by atoms with E-state index in [4.69, 9.17) is 0 Å². The number of carbonyl (C=O) groups is 1. The highest BCUT2D eigenvalue weighted by Gasteiger charge is 2.09. The SMILES string of the molecule is Cc1cc(C)n(-c2ccc(C(=O)NCc3ccc(F)cc3)cn2)n1. The van der Waals surface area contributed by atoms with E-state index in [0.717, 1.165) is 17.0 Å². The molecule has 0 radical (unpaired) electrons. The molecule has 1 N–H and O–H groups in total. The van der Waals surface area contributed by atoms with Crippen LogP contribution in [-0.2, 0) is 6.54 Å². The second-order valence-corrected chi connectivity index (χ2v) is 5.55. The summed E-state index contributed by atoms with van der Waals surface area (Å²) in [7, 11) is 0. The van der Waals surface area contributed by atoms with Crippen molar-refractivity contribution in [2.24, 2.45) is 0 Å². The van der Waals surface area contributed by atoms with E-state index in [2.05, 4.69) is 15.4 Å². The lowest BCUT2D eigenvalue weighted by atomic mass is 10.2. The highest BCUT2D eigenvalue weighted by Crippen LogP contribution is 2.10. The fraction of sp³-hybridized carbons (Fsp3) is 0.167. The van der Waals surface area contributed by atoms with Crippen LogP contribution in [0.2, 0.25) is 0 Å². The molecular formula is C18H17FN4O. The summed E-state index contributed by atoms with van der Waals surface area (Å²) >= 11 is 0. The van der Waals surface area contributed by atoms with Gasteiger partial charge in [0.25, 0.3) is 5.91 Å². The maximum Gasteiger partial charge on any atom is 0.253 e. The molecule has 0 aliphatic carbocycles. The van der Waals surface area contributed by atoms with E-state index in [-0.39, 0.29) is 11.7 Å². The lowest BCUT2D eigenvalue weighted by Gasteiger charge is -2.07. The van der Waals surface area contributed by atoms with E-state index in [1.165, 1.54) is 18.3 Å². The van der Waals surface area contributed by atoms with E-state index in [9.17, 15) is 9.18 Å². The average molecular weight is 324 g/mol. The molecule has 3 aromatic rings. The zero-order valence-corrected chi connectivity index (χ0v) is 13.5. The largest absolute Gasteiger partial charge is 0.348 e. The number of aryl methyl sites for hydroxylation is 2. The Morgan fingerprint density at radius 1 is 1.17 bits per heavy atom. The van der Waals surface area contributed by atoms with Crippen molar-refractivity contribution < 1.29 is 9.18 Å². The van der Waals surface area contributed by atoms with Gasteiger partial charge in [-0.1, -0.05) is 12.1 Å². The second-order valence-electron chi connectivity index (χ2n) is 5.55. The highest BCUT2D eigenvalue weighted by atomic mass is 19.1. The number of nitrogens with zero attached hydrogens (tertiary/aromatic N) is 3. The molecule has 2 aromatic heterocycles. The van der Waals surface area contributed by atoms with Gasteiger partial charge in [0.2, 0.25) is 0 Å². The molecule has 6 heteroatoms. The third-order valence-corrected chi connectivity index (χ3v) is 3.60. The summed E-state index contributed by atoms with van der Waals surface area (Å²) in [5, 5.41) is 7.15. The predicted molar refractivity (Wildman–Crippen MR) is 88.4 cm³/mol. The summed E-state index contributed by atoms with van der Waals surface area (Å²) in [6, 6.07) is 11.4. The molecule has 122 valence electrons. The van der Waals surface area contributed by atoms with Gasteiger partial charge < -0.3 is 5.32 Å². The van der Waals surface area contributed by atoms with E-state index in [1.54, 1.807) is 28.9 Å². The fourth-order valence-corrected chi connectivity index (χ4v) is 2.39. The van der Waals surface area contributed by atoms with Crippen molar-refractivity contribution in [2.45, 2.75) is 20.4 Å². The Morgan fingerprint density at radius 2 is 1.92 bits per heavy atom. The van der Waals surface area contributed by atoms with Crippen molar-refractivity contribution in [3.8, 4) is 5.82 Å². The lowest BCUT2D eigenvalue weighted by Crippen LogP contribution is -2.23. The van der Waals surface area contributed by atoms with Gasteiger partial charge >= 0.3 is 0 Å². The van der Waals surface area contributed by atoms with E-state index in [0.29, 0.717) is 17.9 Å². The second kappa shape index (κ2) is 6.62. The summed E-state index contributed by atoms with van der Waals surface area (Å²) in [6.07, 6.45) is 1.52. The topological polar surface area (TPSA) is 59.8 Å². The quantitative estimate of drug-likeness (QED) is 0.803. The fourth-order valence-electron chi connectivity index (χ4n) is 2.39. The number of amides is 1. The number of pyridine rings is 1. The molecule has 0 aliphatic heterocycles. The molecule has 5 nitrogen and oxygen atoms in total. The predicted octanol–water partition coefficient (Wildman–Crippen LogP) is 2.95. The van der Waals surface area contributed by atoms with Crippen molar-refractivity contribution in [1.29, 1.82) is 0 Å². The van der Waals surface area contributed by atoms with Crippen LogP contribution in [0.15, 0.2) is 48.7 Å².